The van der Waals surface area contributed by atoms with E-state index in [1.165, 1.54) is 4.68 Å². The van der Waals surface area contributed by atoms with Crippen molar-refractivity contribution in [2.24, 2.45) is 7.05 Å². The van der Waals surface area contributed by atoms with E-state index in [0.717, 1.165) is 24.4 Å². The first kappa shape index (κ1) is 20.1. The molecule has 3 aromatic heterocycles. The molecule has 1 fully saturated rings. The van der Waals surface area contributed by atoms with Crippen molar-refractivity contribution < 1.29 is 9.90 Å². The Morgan fingerprint density at radius 1 is 1.37 bits per heavy atom. The topological polar surface area (TPSA) is 110 Å². The molecule has 0 aliphatic carbocycles. The fraction of sp³-hybridized carbons (Fsp3) is 0.500. The van der Waals surface area contributed by atoms with E-state index < -0.39 is 5.60 Å². The highest BCUT2D eigenvalue weighted by molar-refractivity contribution is 5.95. The van der Waals surface area contributed by atoms with Crippen LogP contribution in [0.2, 0.25) is 0 Å². The van der Waals surface area contributed by atoms with E-state index in [1.807, 2.05) is 12.1 Å². The Kier molecular flexibility index (Phi) is 4.89. The van der Waals surface area contributed by atoms with Crippen LogP contribution >= 0.6 is 0 Å². The molecule has 10 nitrogen and oxygen atoms in total. The second-order valence-electron chi connectivity index (χ2n) is 8.49. The van der Waals surface area contributed by atoms with Crippen LogP contribution in [0.1, 0.15) is 36.3 Å². The van der Waals surface area contributed by atoms with Crippen LogP contribution in [0.15, 0.2) is 29.3 Å². The summed E-state index contributed by atoms with van der Waals surface area (Å²) in [4.78, 5) is 31.9. The summed E-state index contributed by atoms with van der Waals surface area (Å²) in [7, 11) is 1.60. The summed E-state index contributed by atoms with van der Waals surface area (Å²) in [6, 6.07) is 3.75. The van der Waals surface area contributed by atoms with Crippen LogP contribution in [0.5, 0.6) is 0 Å². The summed E-state index contributed by atoms with van der Waals surface area (Å²) < 4.78 is 4.75. The molecule has 1 saturated heterocycles. The van der Waals surface area contributed by atoms with E-state index in [0.29, 0.717) is 12.2 Å². The first-order valence-electron chi connectivity index (χ1n) is 9.99. The van der Waals surface area contributed by atoms with Crippen molar-refractivity contribution >= 4 is 17.4 Å². The maximum atomic E-state index is 12.9. The third-order valence-electron chi connectivity index (χ3n) is 5.47. The number of nitrogens with one attached hydrogen (secondary N) is 1. The third kappa shape index (κ3) is 3.70. The van der Waals surface area contributed by atoms with Crippen LogP contribution in [0.3, 0.4) is 0 Å². The zero-order valence-corrected chi connectivity index (χ0v) is 17.7. The Balaban J connectivity index is 1.48. The van der Waals surface area contributed by atoms with E-state index in [4.69, 9.17) is 0 Å². The number of imidazole rings is 1. The van der Waals surface area contributed by atoms with Gasteiger partial charge in [-0.15, -0.1) is 5.10 Å². The maximum Gasteiger partial charge on any atom is 0.279 e. The Morgan fingerprint density at radius 3 is 2.87 bits per heavy atom. The van der Waals surface area contributed by atoms with Gasteiger partial charge in [0.15, 0.2) is 5.65 Å². The number of hydrogen-bond donors (Lipinski definition) is 2. The summed E-state index contributed by atoms with van der Waals surface area (Å²) in [5, 5.41) is 17.7. The van der Waals surface area contributed by atoms with Crippen molar-refractivity contribution in [3.8, 4) is 0 Å². The summed E-state index contributed by atoms with van der Waals surface area (Å²) >= 11 is 0. The van der Waals surface area contributed by atoms with Crippen LogP contribution in [0, 0.1) is 6.92 Å². The third-order valence-corrected chi connectivity index (χ3v) is 5.47. The van der Waals surface area contributed by atoms with Gasteiger partial charge in [0.25, 0.3) is 11.5 Å². The summed E-state index contributed by atoms with van der Waals surface area (Å²) in [6.07, 6.45) is 4.26. The fourth-order valence-electron chi connectivity index (χ4n) is 3.95. The average molecular weight is 413 g/mol. The first-order chi connectivity index (χ1) is 14.1. The number of aliphatic hydroxyl groups is 1. The number of fused-ring (bicyclic) bond motifs is 1. The zero-order valence-electron chi connectivity index (χ0n) is 17.7. The summed E-state index contributed by atoms with van der Waals surface area (Å²) in [5.74, 6) is 0.438. The maximum absolute atomic E-state index is 12.9. The van der Waals surface area contributed by atoms with Gasteiger partial charge in [0, 0.05) is 38.6 Å². The van der Waals surface area contributed by atoms with E-state index in [9.17, 15) is 14.7 Å². The van der Waals surface area contributed by atoms with E-state index >= 15 is 0 Å². The predicted molar refractivity (Wildman–Crippen MR) is 112 cm³/mol. The van der Waals surface area contributed by atoms with E-state index in [-0.39, 0.29) is 29.6 Å². The molecule has 1 atom stereocenters. The molecule has 0 aromatic carbocycles. The minimum Gasteiger partial charge on any atom is -0.389 e. The van der Waals surface area contributed by atoms with Crippen LogP contribution in [-0.4, -0.2) is 59.7 Å². The number of rotatable bonds is 5. The van der Waals surface area contributed by atoms with Crippen molar-refractivity contribution in [2.45, 2.75) is 45.4 Å². The van der Waals surface area contributed by atoms with Crippen LogP contribution in [-0.2, 0) is 13.6 Å². The minimum absolute atomic E-state index is 0.0838. The molecule has 3 aromatic rings. The Hall–Kier alpha value is -3.14. The van der Waals surface area contributed by atoms with Gasteiger partial charge in [-0.2, -0.15) is 0 Å². The lowest BCUT2D eigenvalue weighted by Crippen LogP contribution is -2.39. The van der Waals surface area contributed by atoms with Crippen LogP contribution in [0.25, 0.3) is 5.65 Å². The van der Waals surface area contributed by atoms with Crippen molar-refractivity contribution in [3.63, 3.8) is 0 Å². The fourth-order valence-corrected chi connectivity index (χ4v) is 3.95. The Labute approximate surface area is 173 Å². The molecule has 0 unspecified atom stereocenters. The highest BCUT2D eigenvalue weighted by Gasteiger charge is 2.29. The van der Waals surface area contributed by atoms with Gasteiger partial charge in [-0.25, -0.2) is 9.50 Å². The van der Waals surface area contributed by atoms with Gasteiger partial charge in [-0.3, -0.25) is 19.0 Å². The van der Waals surface area contributed by atoms with Gasteiger partial charge >= 0.3 is 0 Å². The van der Waals surface area contributed by atoms with Crippen molar-refractivity contribution in [1.82, 2.24) is 29.3 Å². The number of hydrogen-bond acceptors (Lipinski definition) is 6. The van der Waals surface area contributed by atoms with Crippen LogP contribution < -0.4 is 15.8 Å². The largest absolute Gasteiger partial charge is 0.389 e. The average Bonchev–Trinajstić information content (AvgIpc) is 3.36. The van der Waals surface area contributed by atoms with E-state index in [2.05, 4.69) is 20.3 Å². The minimum atomic E-state index is -1.00. The molecule has 2 N–H and O–H groups in total. The second-order valence-corrected chi connectivity index (χ2v) is 8.49. The molecule has 10 heteroatoms. The molecule has 0 bridgehead atoms. The smallest absolute Gasteiger partial charge is 0.279 e. The van der Waals surface area contributed by atoms with Crippen LogP contribution in [0.4, 0.5) is 5.82 Å². The molecular formula is C20H27N7O3. The SMILES string of the molecule is Cc1c(C(=O)N[C@H]2CCN(c3ccc4nccn4n3)C2)c(=O)n(C)n1CC(C)(C)O. The van der Waals surface area contributed by atoms with Gasteiger partial charge in [-0.1, -0.05) is 0 Å². The number of carbonyl (C=O) groups excluding carboxylic acids is 1. The lowest BCUT2D eigenvalue weighted by Gasteiger charge is -2.20. The number of aromatic nitrogens is 5. The van der Waals surface area contributed by atoms with Gasteiger partial charge in [-0.05, 0) is 39.3 Å². The number of carbonyl (C=O) groups is 1. The Morgan fingerprint density at radius 2 is 2.13 bits per heavy atom. The molecule has 1 amide bonds. The monoisotopic (exact) mass is 413 g/mol. The number of amides is 1. The molecule has 160 valence electrons. The standard InChI is InChI=1S/C20H27N7O3/c1-13-17(19(29)24(4)27(13)12-20(2,3)30)18(28)22-14-7-9-25(11-14)16-6-5-15-21-8-10-26(15)23-16/h5-6,8,10,14,30H,7,9,11-12H2,1-4H3,(H,22,28)/t14-/m0/s1. The molecule has 1 aliphatic rings. The van der Waals surface area contributed by atoms with Crippen molar-refractivity contribution in [1.29, 1.82) is 0 Å². The molecule has 0 spiro atoms. The van der Waals surface area contributed by atoms with Gasteiger partial charge in [0.2, 0.25) is 0 Å². The summed E-state index contributed by atoms with van der Waals surface area (Å²) in [6.45, 7) is 6.65. The quantitative estimate of drug-likeness (QED) is 0.623. The molecule has 1 aliphatic heterocycles. The van der Waals surface area contributed by atoms with Crippen molar-refractivity contribution in [2.75, 3.05) is 18.0 Å². The molecular weight excluding hydrogens is 386 g/mol. The molecule has 30 heavy (non-hydrogen) atoms. The van der Waals surface area contributed by atoms with E-state index in [1.54, 1.807) is 49.4 Å². The first-order valence-corrected chi connectivity index (χ1v) is 9.99. The van der Waals surface area contributed by atoms with Gasteiger partial charge in [0.1, 0.15) is 11.4 Å². The Bertz CT molecular complexity index is 1150. The molecule has 4 rings (SSSR count). The normalized spacial score (nSPS) is 17.1. The number of nitrogens with zero attached hydrogens (tertiary/aromatic N) is 6. The lowest BCUT2D eigenvalue weighted by atomic mass is 10.1. The second kappa shape index (κ2) is 7.28. The van der Waals surface area contributed by atoms with Crippen molar-refractivity contribution in [3.05, 3.63) is 46.1 Å². The molecule has 4 heterocycles. The molecule has 0 saturated carbocycles. The summed E-state index contributed by atoms with van der Waals surface area (Å²) in [5.41, 5.74) is 0.0835. The lowest BCUT2D eigenvalue weighted by molar-refractivity contribution is 0.0531. The molecule has 0 radical (unpaired) electrons. The predicted octanol–water partition coefficient (Wildman–Crippen LogP) is 0.318. The highest BCUT2D eigenvalue weighted by Crippen LogP contribution is 2.19. The number of anilines is 1. The highest BCUT2D eigenvalue weighted by atomic mass is 16.3. The van der Waals surface area contributed by atoms with Gasteiger partial charge < -0.3 is 15.3 Å². The van der Waals surface area contributed by atoms with Gasteiger partial charge in [0.05, 0.1) is 17.8 Å². The zero-order chi connectivity index (χ0) is 21.6.